The van der Waals surface area contributed by atoms with Crippen LogP contribution < -0.4 is 11.3 Å². The highest BCUT2D eigenvalue weighted by atomic mass is 79.9. The van der Waals surface area contributed by atoms with Crippen molar-refractivity contribution in [2.24, 2.45) is 5.84 Å². The van der Waals surface area contributed by atoms with Gasteiger partial charge in [-0.1, -0.05) is 13.8 Å². The van der Waals surface area contributed by atoms with E-state index in [1.165, 1.54) is 5.69 Å². The molecule has 1 heterocycles. The fourth-order valence-electron chi connectivity index (χ4n) is 3.35. The lowest BCUT2D eigenvalue weighted by molar-refractivity contribution is 0.0872. The summed E-state index contributed by atoms with van der Waals surface area (Å²) in [6.45, 7) is 9.47. The molecule has 1 rings (SSSR count). The average molecular weight is 360 g/mol. The van der Waals surface area contributed by atoms with Crippen molar-refractivity contribution in [3.8, 4) is 0 Å². The number of hydrazine groups is 1. The first-order chi connectivity index (χ1) is 9.87. The van der Waals surface area contributed by atoms with Crippen LogP contribution in [0.4, 0.5) is 0 Å². The van der Waals surface area contributed by atoms with Crippen LogP contribution in [0.25, 0.3) is 0 Å². The third-order valence-corrected chi connectivity index (χ3v) is 5.85. The predicted octanol–water partition coefficient (Wildman–Crippen LogP) is 2.47. The summed E-state index contributed by atoms with van der Waals surface area (Å²) < 4.78 is 3.17. The summed E-state index contributed by atoms with van der Waals surface area (Å²) >= 11 is 3.68. The van der Waals surface area contributed by atoms with Crippen molar-refractivity contribution in [2.45, 2.75) is 65.1 Å². The third kappa shape index (κ3) is 3.50. The van der Waals surface area contributed by atoms with Crippen LogP contribution in [0.1, 0.15) is 45.0 Å². The molecule has 0 saturated carbocycles. The van der Waals surface area contributed by atoms with Gasteiger partial charge in [-0.3, -0.25) is 16.0 Å². The number of nitrogens with zero attached hydrogens (tertiary/aromatic N) is 3. The van der Waals surface area contributed by atoms with Crippen molar-refractivity contribution in [3.63, 3.8) is 0 Å². The number of hydrogen-bond acceptors (Lipinski definition) is 4. The second-order valence-corrected chi connectivity index (χ2v) is 6.58. The zero-order valence-corrected chi connectivity index (χ0v) is 15.8. The molecule has 0 aliphatic carbocycles. The van der Waals surface area contributed by atoms with Crippen LogP contribution >= 0.6 is 15.9 Å². The van der Waals surface area contributed by atoms with Gasteiger partial charge in [-0.2, -0.15) is 5.10 Å². The molecule has 0 aliphatic rings. The molecule has 0 radical (unpaired) electrons. The SMILES string of the molecule is CCn1nc(C)c(Br)c1CC(NN)C(CC)(CC)N(C)C. The zero-order chi connectivity index (χ0) is 16.2. The molecule has 0 saturated heterocycles. The first-order valence-corrected chi connectivity index (χ1v) is 8.52. The Bertz CT molecular complexity index is 451. The summed E-state index contributed by atoms with van der Waals surface area (Å²) in [5.74, 6) is 5.92. The van der Waals surface area contributed by atoms with Crippen molar-refractivity contribution in [1.82, 2.24) is 20.1 Å². The normalized spacial score (nSPS) is 14.0. The Hall–Kier alpha value is -0.430. The van der Waals surface area contributed by atoms with Gasteiger partial charge in [0.2, 0.25) is 0 Å². The lowest BCUT2D eigenvalue weighted by Crippen LogP contribution is -2.61. The first kappa shape index (κ1) is 18.6. The minimum absolute atomic E-state index is 0.0327. The summed E-state index contributed by atoms with van der Waals surface area (Å²) in [5.41, 5.74) is 5.34. The molecule has 6 heteroatoms. The number of hydrogen-bond donors (Lipinski definition) is 2. The van der Waals surface area contributed by atoms with Gasteiger partial charge in [0.15, 0.2) is 0 Å². The molecule has 1 aromatic rings. The second kappa shape index (κ2) is 7.72. The van der Waals surface area contributed by atoms with E-state index in [1.54, 1.807) is 0 Å². The molecule has 0 bridgehead atoms. The Balaban J connectivity index is 3.18. The van der Waals surface area contributed by atoms with Crippen molar-refractivity contribution in [1.29, 1.82) is 0 Å². The van der Waals surface area contributed by atoms with Crippen LogP contribution in [0, 0.1) is 6.92 Å². The van der Waals surface area contributed by atoms with Gasteiger partial charge < -0.3 is 4.90 Å². The maximum atomic E-state index is 5.92. The number of halogens is 1. The summed E-state index contributed by atoms with van der Waals surface area (Å²) in [6.07, 6.45) is 2.94. The highest BCUT2D eigenvalue weighted by molar-refractivity contribution is 9.10. The van der Waals surface area contributed by atoms with E-state index in [0.717, 1.165) is 36.0 Å². The topological polar surface area (TPSA) is 59.1 Å². The third-order valence-electron chi connectivity index (χ3n) is 4.82. The van der Waals surface area contributed by atoms with Gasteiger partial charge in [-0.15, -0.1) is 0 Å². The lowest BCUT2D eigenvalue weighted by Gasteiger charge is -2.45. The Morgan fingerprint density at radius 2 is 1.90 bits per heavy atom. The number of nitrogens with one attached hydrogen (secondary N) is 1. The van der Waals surface area contributed by atoms with Gasteiger partial charge in [0, 0.05) is 24.5 Å². The number of aryl methyl sites for hydroxylation is 2. The van der Waals surface area contributed by atoms with Crippen molar-refractivity contribution in [2.75, 3.05) is 14.1 Å². The molecule has 0 aliphatic heterocycles. The molecule has 3 N–H and O–H groups in total. The van der Waals surface area contributed by atoms with Crippen LogP contribution in [-0.4, -0.2) is 40.4 Å². The van der Waals surface area contributed by atoms with Gasteiger partial charge >= 0.3 is 0 Å². The first-order valence-electron chi connectivity index (χ1n) is 7.73. The fraction of sp³-hybridized carbons (Fsp3) is 0.800. The second-order valence-electron chi connectivity index (χ2n) is 5.79. The quantitative estimate of drug-likeness (QED) is 0.552. The van der Waals surface area contributed by atoms with E-state index in [0.29, 0.717) is 0 Å². The monoisotopic (exact) mass is 359 g/mol. The van der Waals surface area contributed by atoms with Crippen molar-refractivity contribution >= 4 is 15.9 Å². The van der Waals surface area contributed by atoms with Crippen molar-refractivity contribution in [3.05, 3.63) is 15.9 Å². The number of aromatic nitrogens is 2. The Kier molecular flexibility index (Phi) is 6.84. The van der Waals surface area contributed by atoms with Crippen LogP contribution in [-0.2, 0) is 13.0 Å². The lowest BCUT2D eigenvalue weighted by atomic mass is 9.81. The van der Waals surface area contributed by atoms with E-state index in [1.807, 2.05) is 6.92 Å². The van der Waals surface area contributed by atoms with E-state index < -0.39 is 0 Å². The molecule has 21 heavy (non-hydrogen) atoms. The van der Waals surface area contributed by atoms with Gasteiger partial charge in [0.05, 0.1) is 15.9 Å². The highest BCUT2D eigenvalue weighted by Gasteiger charge is 2.38. The van der Waals surface area contributed by atoms with Crippen molar-refractivity contribution < 1.29 is 0 Å². The fourth-order valence-corrected chi connectivity index (χ4v) is 3.79. The van der Waals surface area contributed by atoms with Crippen LogP contribution in [0.3, 0.4) is 0 Å². The number of rotatable bonds is 8. The molecule has 0 amide bonds. The Morgan fingerprint density at radius 1 is 1.33 bits per heavy atom. The summed E-state index contributed by atoms with van der Waals surface area (Å²) in [7, 11) is 4.27. The van der Waals surface area contributed by atoms with E-state index in [9.17, 15) is 0 Å². The highest BCUT2D eigenvalue weighted by Crippen LogP contribution is 2.30. The smallest absolute Gasteiger partial charge is 0.0738 e. The van der Waals surface area contributed by atoms with Crippen LogP contribution in [0.2, 0.25) is 0 Å². The van der Waals surface area contributed by atoms with Gasteiger partial charge in [0.25, 0.3) is 0 Å². The molecule has 1 aromatic heterocycles. The molecule has 0 fully saturated rings. The average Bonchev–Trinajstić information content (AvgIpc) is 2.74. The maximum absolute atomic E-state index is 5.92. The minimum Gasteiger partial charge on any atom is -0.302 e. The van der Waals surface area contributed by atoms with E-state index >= 15 is 0 Å². The molecular weight excluding hydrogens is 330 g/mol. The zero-order valence-electron chi connectivity index (χ0n) is 14.2. The van der Waals surface area contributed by atoms with Crippen LogP contribution in [0.5, 0.6) is 0 Å². The van der Waals surface area contributed by atoms with E-state index in [4.69, 9.17) is 5.84 Å². The minimum atomic E-state index is 0.0327. The summed E-state index contributed by atoms with van der Waals surface area (Å²) in [5, 5.41) is 4.58. The molecule has 5 nitrogen and oxygen atoms in total. The van der Waals surface area contributed by atoms with E-state index in [2.05, 4.69) is 70.9 Å². The molecule has 1 unspecified atom stereocenters. The number of nitrogens with two attached hydrogens (primary N) is 1. The number of likely N-dealkylation sites (N-methyl/N-ethyl adjacent to an activating group) is 1. The Morgan fingerprint density at radius 3 is 2.29 bits per heavy atom. The van der Waals surface area contributed by atoms with Gasteiger partial charge in [-0.25, -0.2) is 0 Å². The Labute approximate surface area is 137 Å². The maximum Gasteiger partial charge on any atom is 0.0738 e. The molecule has 122 valence electrons. The molecular formula is C15H30BrN5. The largest absolute Gasteiger partial charge is 0.302 e. The van der Waals surface area contributed by atoms with Crippen LogP contribution in [0.15, 0.2) is 4.47 Å². The summed E-state index contributed by atoms with van der Waals surface area (Å²) in [6, 6.07) is 0.167. The van der Waals surface area contributed by atoms with E-state index in [-0.39, 0.29) is 11.6 Å². The molecule has 1 atom stereocenters. The van der Waals surface area contributed by atoms with Gasteiger partial charge in [-0.05, 0) is 56.7 Å². The molecule has 0 aromatic carbocycles. The summed E-state index contributed by atoms with van der Waals surface area (Å²) in [4.78, 5) is 2.30. The van der Waals surface area contributed by atoms with Gasteiger partial charge in [0.1, 0.15) is 0 Å². The predicted molar refractivity (Wildman–Crippen MR) is 92.2 cm³/mol. The molecule has 0 spiro atoms. The standard InChI is InChI=1S/C15H30BrN5/c1-7-15(8-2,20(5)6)13(18-17)10-12-14(16)11(4)19-21(12)9-3/h13,18H,7-10,17H2,1-6H3.